The molecular weight excluding hydrogens is 186 g/mol. The van der Waals surface area contributed by atoms with Crippen LogP contribution in [0.4, 0.5) is 0 Å². The second-order valence-electron chi connectivity index (χ2n) is 4.04. The van der Waals surface area contributed by atoms with Crippen molar-refractivity contribution in [2.45, 2.75) is 25.1 Å². The lowest BCUT2D eigenvalue weighted by Crippen LogP contribution is -2.32. The lowest BCUT2D eigenvalue weighted by atomic mass is 10.1. The minimum Gasteiger partial charge on any atom is -0.391 e. The van der Waals surface area contributed by atoms with Crippen LogP contribution in [-0.2, 0) is 6.54 Å². The minimum atomic E-state index is -0.244. The fourth-order valence-electron chi connectivity index (χ4n) is 2.17. The summed E-state index contributed by atoms with van der Waals surface area (Å²) in [5, 5.41) is 9.72. The lowest BCUT2D eigenvalue weighted by Gasteiger charge is -2.23. The van der Waals surface area contributed by atoms with Crippen LogP contribution in [0.15, 0.2) is 43.0 Å². The van der Waals surface area contributed by atoms with Crippen LogP contribution in [0.2, 0.25) is 0 Å². The Morgan fingerprint density at radius 2 is 2.13 bits per heavy atom. The zero-order valence-corrected chi connectivity index (χ0v) is 8.84. The smallest absolute Gasteiger partial charge is 0.0743 e. The normalized spacial score (nSPS) is 26.7. The van der Waals surface area contributed by atoms with E-state index in [1.54, 1.807) is 0 Å². The molecule has 0 radical (unpaired) electrons. The summed E-state index contributed by atoms with van der Waals surface area (Å²) in [6.07, 6.45) is 2.45. The Kier molecular flexibility index (Phi) is 3.19. The van der Waals surface area contributed by atoms with E-state index < -0.39 is 0 Å². The van der Waals surface area contributed by atoms with E-state index in [0.717, 1.165) is 19.5 Å². The van der Waals surface area contributed by atoms with Crippen molar-refractivity contribution >= 4 is 0 Å². The summed E-state index contributed by atoms with van der Waals surface area (Å²) in [6, 6.07) is 10.5. The predicted octanol–water partition coefficient (Wildman–Crippen LogP) is 1.81. The molecule has 0 amide bonds. The summed E-state index contributed by atoms with van der Waals surface area (Å²) in [4.78, 5) is 2.27. The number of nitrogens with zero attached hydrogens (tertiary/aromatic N) is 1. The maximum Gasteiger partial charge on any atom is 0.0743 e. The first-order valence-electron chi connectivity index (χ1n) is 5.40. The molecule has 0 unspecified atom stereocenters. The van der Waals surface area contributed by atoms with E-state index in [-0.39, 0.29) is 12.1 Å². The van der Waals surface area contributed by atoms with Crippen LogP contribution in [0.25, 0.3) is 0 Å². The van der Waals surface area contributed by atoms with E-state index in [2.05, 4.69) is 23.6 Å². The van der Waals surface area contributed by atoms with Crippen molar-refractivity contribution in [3.63, 3.8) is 0 Å². The van der Waals surface area contributed by atoms with Crippen LogP contribution in [0.3, 0.4) is 0 Å². The van der Waals surface area contributed by atoms with Crippen LogP contribution < -0.4 is 0 Å². The molecule has 1 aliphatic heterocycles. The van der Waals surface area contributed by atoms with Gasteiger partial charge in [0.15, 0.2) is 0 Å². The maximum absolute atomic E-state index is 9.72. The monoisotopic (exact) mass is 203 g/mol. The van der Waals surface area contributed by atoms with Gasteiger partial charge >= 0.3 is 0 Å². The first-order valence-corrected chi connectivity index (χ1v) is 5.40. The molecule has 1 N–H and O–H groups in total. The van der Waals surface area contributed by atoms with Crippen LogP contribution in [0.1, 0.15) is 12.0 Å². The standard InChI is InChI=1S/C13H17NO/c1-2-12-13(15)8-9-14(12)10-11-6-4-3-5-7-11/h2-7,12-13,15H,1,8-10H2/t12-,13+/m0/s1. The van der Waals surface area contributed by atoms with Gasteiger partial charge in [0.2, 0.25) is 0 Å². The fraction of sp³-hybridized carbons (Fsp3) is 0.385. The van der Waals surface area contributed by atoms with Gasteiger partial charge in [-0.1, -0.05) is 36.4 Å². The van der Waals surface area contributed by atoms with Gasteiger partial charge in [0.25, 0.3) is 0 Å². The SMILES string of the molecule is C=C[C@H]1[C@H](O)CCN1Cc1ccccc1. The second kappa shape index (κ2) is 4.60. The van der Waals surface area contributed by atoms with Crippen molar-refractivity contribution < 1.29 is 5.11 Å². The number of hydrogen-bond donors (Lipinski definition) is 1. The molecule has 15 heavy (non-hydrogen) atoms. The van der Waals surface area contributed by atoms with E-state index in [1.165, 1.54) is 5.56 Å². The summed E-state index contributed by atoms with van der Waals surface area (Å²) < 4.78 is 0. The summed E-state index contributed by atoms with van der Waals surface area (Å²) in [6.45, 7) is 5.63. The largest absolute Gasteiger partial charge is 0.391 e. The van der Waals surface area contributed by atoms with E-state index in [1.807, 2.05) is 24.3 Å². The Morgan fingerprint density at radius 3 is 2.80 bits per heavy atom. The highest BCUT2D eigenvalue weighted by atomic mass is 16.3. The molecule has 0 spiro atoms. The first-order chi connectivity index (χ1) is 7.31. The molecule has 1 aromatic rings. The molecule has 2 rings (SSSR count). The highest BCUT2D eigenvalue weighted by Gasteiger charge is 2.29. The zero-order valence-electron chi connectivity index (χ0n) is 8.84. The third kappa shape index (κ3) is 2.28. The molecule has 0 aliphatic carbocycles. The van der Waals surface area contributed by atoms with Crippen molar-refractivity contribution in [2.75, 3.05) is 6.54 Å². The fourth-order valence-corrected chi connectivity index (χ4v) is 2.17. The van der Waals surface area contributed by atoms with E-state index in [0.29, 0.717) is 0 Å². The Morgan fingerprint density at radius 1 is 1.40 bits per heavy atom. The number of aliphatic hydroxyl groups excluding tert-OH is 1. The van der Waals surface area contributed by atoms with Crippen molar-refractivity contribution in [1.29, 1.82) is 0 Å². The maximum atomic E-state index is 9.72. The molecule has 2 atom stereocenters. The molecule has 0 bridgehead atoms. The molecule has 2 nitrogen and oxygen atoms in total. The van der Waals surface area contributed by atoms with E-state index in [4.69, 9.17) is 0 Å². The summed E-state index contributed by atoms with van der Waals surface area (Å²) in [5.41, 5.74) is 1.29. The molecule has 1 saturated heterocycles. The van der Waals surface area contributed by atoms with Crippen LogP contribution in [-0.4, -0.2) is 28.7 Å². The summed E-state index contributed by atoms with van der Waals surface area (Å²) in [7, 11) is 0. The Labute approximate surface area is 90.8 Å². The average Bonchev–Trinajstić information content (AvgIpc) is 2.61. The summed E-state index contributed by atoms with van der Waals surface area (Å²) >= 11 is 0. The molecule has 2 heteroatoms. The number of rotatable bonds is 3. The number of hydrogen-bond acceptors (Lipinski definition) is 2. The van der Waals surface area contributed by atoms with Crippen molar-refractivity contribution in [3.05, 3.63) is 48.6 Å². The number of likely N-dealkylation sites (tertiary alicyclic amines) is 1. The van der Waals surface area contributed by atoms with Gasteiger partial charge in [0.05, 0.1) is 12.1 Å². The third-order valence-corrected chi connectivity index (χ3v) is 3.00. The van der Waals surface area contributed by atoms with Gasteiger partial charge in [-0.15, -0.1) is 6.58 Å². The van der Waals surface area contributed by atoms with Crippen molar-refractivity contribution in [1.82, 2.24) is 4.90 Å². The molecule has 1 heterocycles. The molecule has 0 aromatic heterocycles. The van der Waals surface area contributed by atoms with Crippen LogP contribution >= 0.6 is 0 Å². The lowest BCUT2D eigenvalue weighted by molar-refractivity contribution is 0.138. The Hall–Kier alpha value is -1.12. The summed E-state index contributed by atoms with van der Waals surface area (Å²) in [5.74, 6) is 0. The van der Waals surface area contributed by atoms with Crippen LogP contribution in [0.5, 0.6) is 0 Å². The van der Waals surface area contributed by atoms with Gasteiger partial charge in [-0.05, 0) is 12.0 Å². The average molecular weight is 203 g/mol. The number of benzene rings is 1. The van der Waals surface area contributed by atoms with Gasteiger partial charge in [0, 0.05) is 13.1 Å². The van der Waals surface area contributed by atoms with Gasteiger partial charge in [0.1, 0.15) is 0 Å². The van der Waals surface area contributed by atoms with Gasteiger partial charge < -0.3 is 5.11 Å². The highest BCUT2D eigenvalue weighted by molar-refractivity contribution is 5.15. The van der Waals surface area contributed by atoms with Crippen molar-refractivity contribution in [3.8, 4) is 0 Å². The molecule has 1 fully saturated rings. The molecule has 0 saturated carbocycles. The minimum absolute atomic E-state index is 0.116. The highest BCUT2D eigenvalue weighted by Crippen LogP contribution is 2.21. The van der Waals surface area contributed by atoms with Gasteiger partial charge in [-0.3, -0.25) is 4.90 Å². The Balaban J connectivity index is 2.03. The number of aliphatic hydroxyl groups is 1. The third-order valence-electron chi connectivity index (χ3n) is 3.00. The predicted molar refractivity (Wildman–Crippen MR) is 61.5 cm³/mol. The van der Waals surface area contributed by atoms with Gasteiger partial charge in [-0.2, -0.15) is 0 Å². The topological polar surface area (TPSA) is 23.5 Å². The second-order valence-corrected chi connectivity index (χ2v) is 4.04. The van der Waals surface area contributed by atoms with E-state index >= 15 is 0 Å². The van der Waals surface area contributed by atoms with E-state index in [9.17, 15) is 5.11 Å². The van der Waals surface area contributed by atoms with Gasteiger partial charge in [-0.25, -0.2) is 0 Å². The molecule has 1 aliphatic rings. The zero-order chi connectivity index (χ0) is 10.7. The molecule has 1 aromatic carbocycles. The first kappa shape index (κ1) is 10.4. The van der Waals surface area contributed by atoms with Crippen LogP contribution in [0, 0.1) is 0 Å². The molecule has 80 valence electrons. The Bertz CT molecular complexity index is 323. The molecular formula is C13H17NO. The van der Waals surface area contributed by atoms with Crippen molar-refractivity contribution in [2.24, 2.45) is 0 Å². The quantitative estimate of drug-likeness (QED) is 0.757.